The van der Waals surface area contributed by atoms with Crippen LogP contribution in [0.1, 0.15) is 38.8 Å². The summed E-state index contributed by atoms with van der Waals surface area (Å²) in [5, 5.41) is 0. The number of likely N-dealkylation sites (tertiary alicyclic amines) is 2. The Bertz CT molecular complexity index is 857. The topological polar surface area (TPSA) is 36.4 Å². The molecule has 0 N–H and O–H groups in total. The molecule has 0 aliphatic carbocycles. The maximum Gasteiger partial charge on any atom is 0.255 e. The zero-order valence-electron chi connectivity index (χ0n) is 16.9. The molecule has 2 aliphatic heterocycles. The van der Waals surface area contributed by atoms with E-state index in [-0.39, 0.29) is 30.7 Å². The molecule has 1 aromatic heterocycles. The van der Waals surface area contributed by atoms with Gasteiger partial charge in [-0.25, -0.2) is 0 Å². The lowest BCUT2D eigenvalue weighted by atomic mass is 9.88. The average molecular weight is 422 g/mol. The Morgan fingerprint density at radius 1 is 1.04 bits per heavy atom. The predicted molar refractivity (Wildman–Crippen MR) is 118 cm³/mol. The number of carbonyl (C=O) groups is 1. The smallest absolute Gasteiger partial charge is 0.255 e. The number of carbonyl (C=O) groups excluding carboxylic acids is 1. The predicted octanol–water partition coefficient (Wildman–Crippen LogP) is 4.23. The summed E-state index contributed by atoms with van der Waals surface area (Å²) in [6.07, 6.45) is 1.74. The minimum atomic E-state index is 0. The number of fused-ring (bicyclic) bond motifs is 1. The number of aromatic nitrogens is 1. The molecule has 2 fully saturated rings. The summed E-state index contributed by atoms with van der Waals surface area (Å²) in [5.74, 6) is 1.19. The summed E-state index contributed by atoms with van der Waals surface area (Å²) < 4.78 is 0. The molecule has 0 spiro atoms. The highest BCUT2D eigenvalue weighted by Gasteiger charge is 2.47. The molecule has 152 valence electrons. The van der Waals surface area contributed by atoms with Crippen molar-refractivity contribution in [2.45, 2.75) is 26.8 Å². The van der Waals surface area contributed by atoms with Crippen LogP contribution in [0.5, 0.6) is 0 Å². The van der Waals surface area contributed by atoms with E-state index in [1.807, 2.05) is 24.8 Å². The van der Waals surface area contributed by atoms with Crippen LogP contribution in [-0.2, 0) is 0 Å². The fourth-order valence-corrected chi connectivity index (χ4v) is 4.90. The first-order valence-electron chi connectivity index (χ1n) is 9.44. The number of pyridine rings is 1. The van der Waals surface area contributed by atoms with E-state index in [9.17, 15) is 4.79 Å². The van der Waals surface area contributed by atoms with Gasteiger partial charge < -0.3 is 4.90 Å². The van der Waals surface area contributed by atoms with Crippen molar-refractivity contribution in [3.8, 4) is 0 Å². The van der Waals surface area contributed by atoms with Gasteiger partial charge >= 0.3 is 0 Å². The lowest BCUT2D eigenvalue weighted by Crippen LogP contribution is -2.34. The Morgan fingerprint density at radius 2 is 1.75 bits per heavy atom. The summed E-state index contributed by atoms with van der Waals surface area (Å²) in [6, 6.07) is 11.1. The molecular formula is C22H29Cl2N3O. The number of hydrogen-bond donors (Lipinski definition) is 0. The molecule has 0 unspecified atom stereocenters. The van der Waals surface area contributed by atoms with E-state index in [2.05, 4.69) is 48.1 Å². The van der Waals surface area contributed by atoms with Crippen LogP contribution in [0.15, 0.2) is 36.5 Å². The van der Waals surface area contributed by atoms with Crippen molar-refractivity contribution in [3.05, 3.63) is 64.5 Å². The second-order valence-electron chi connectivity index (χ2n) is 8.02. The molecule has 2 saturated heterocycles. The minimum Gasteiger partial charge on any atom is -0.338 e. The molecule has 1 amide bonds. The Morgan fingerprint density at radius 3 is 2.43 bits per heavy atom. The molecule has 6 heteroatoms. The molecule has 0 radical (unpaired) electrons. The molecule has 0 bridgehead atoms. The van der Waals surface area contributed by atoms with Crippen molar-refractivity contribution in [2.75, 3.05) is 26.7 Å². The minimum absolute atomic E-state index is 0. The van der Waals surface area contributed by atoms with Crippen molar-refractivity contribution in [3.63, 3.8) is 0 Å². The molecule has 1 aromatic carbocycles. The first kappa shape index (κ1) is 22.7. The lowest BCUT2D eigenvalue weighted by Gasteiger charge is -2.28. The molecule has 2 aromatic rings. The van der Waals surface area contributed by atoms with Gasteiger partial charge in [0.1, 0.15) is 0 Å². The van der Waals surface area contributed by atoms with Gasteiger partial charge in [-0.05, 0) is 56.5 Å². The highest BCUT2D eigenvalue weighted by Crippen LogP contribution is 2.45. The van der Waals surface area contributed by atoms with Gasteiger partial charge in [-0.3, -0.25) is 14.7 Å². The van der Waals surface area contributed by atoms with Gasteiger partial charge in [0.2, 0.25) is 0 Å². The SMILES string of the molecule is Cc1cc(C)c(C(=O)N2C[C@@H]3CN(C)[C@@H](c4ccccc4C)[C@@H]3C2)cn1.Cl.Cl. The number of amides is 1. The van der Waals surface area contributed by atoms with Crippen molar-refractivity contribution < 1.29 is 4.79 Å². The van der Waals surface area contributed by atoms with E-state index in [1.165, 1.54) is 11.1 Å². The first-order valence-corrected chi connectivity index (χ1v) is 9.44. The average Bonchev–Trinajstić information content (AvgIpc) is 3.12. The standard InChI is InChI=1S/C22H27N3O.2ClH/c1-14-7-5-6-8-18(14)21-20-13-25(12-17(20)11-24(21)4)22(26)19-10-23-16(3)9-15(19)2;;/h5-10,17,20-21H,11-13H2,1-4H3;2*1H/t17-,20+,21-;;/m0../s1. The van der Waals surface area contributed by atoms with E-state index >= 15 is 0 Å². The van der Waals surface area contributed by atoms with Crippen LogP contribution >= 0.6 is 24.8 Å². The van der Waals surface area contributed by atoms with Crippen molar-refractivity contribution in [1.82, 2.24) is 14.8 Å². The normalized spacial score (nSPS) is 23.7. The van der Waals surface area contributed by atoms with E-state index in [4.69, 9.17) is 0 Å². The zero-order valence-corrected chi connectivity index (χ0v) is 18.5. The van der Waals surface area contributed by atoms with Crippen molar-refractivity contribution in [1.29, 1.82) is 0 Å². The number of aryl methyl sites for hydroxylation is 3. The number of benzene rings is 1. The van der Waals surface area contributed by atoms with E-state index < -0.39 is 0 Å². The third-order valence-corrected chi connectivity index (χ3v) is 6.17. The summed E-state index contributed by atoms with van der Waals surface area (Å²) >= 11 is 0. The second kappa shape index (κ2) is 8.81. The quantitative estimate of drug-likeness (QED) is 0.727. The monoisotopic (exact) mass is 421 g/mol. The lowest BCUT2D eigenvalue weighted by molar-refractivity contribution is 0.0766. The highest BCUT2D eigenvalue weighted by atomic mass is 35.5. The van der Waals surface area contributed by atoms with E-state index in [1.54, 1.807) is 6.20 Å². The van der Waals surface area contributed by atoms with Gasteiger partial charge in [0.05, 0.1) is 5.56 Å². The summed E-state index contributed by atoms with van der Waals surface area (Å²) in [4.78, 5) is 21.9. The molecule has 28 heavy (non-hydrogen) atoms. The van der Waals surface area contributed by atoms with Crippen LogP contribution in [0.25, 0.3) is 0 Å². The van der Waals surface area contributed by atoms with Crippen LogP contribution in [0.4, 0.5) is 0 Å². The van der Waals surface area contributed by atoms with Gasteiger partial charge in [-0.1, -0.05) is 24.3 Å². The summed E-state index contributed by atoms with van der Waals surface area (Å²) in [5.41, 5.74) is 5.47. The van der Waals surface area contributed by atoms with Crippen LogP contribution < -0.4 is 0 Å². The first-order chi connectivity index (χ1) is 12.5. The maximum atomic E-state index is 13.1. The third-order valence-electron chi connectivity index (χ3n) is 6.17. The Labute approximate surface area is 180 Å². The fraction of sp³-hybridized carbons (Fsp3) is 0.455. The van der Waals surface area contributed by atoms with Gasteiger partial charge in [-0.15, -0.1) is 24.8 Å². The van der Waals surface area contributed by atoms with Gasteiger partial charge in [0.25, 0.3) is 5.91 Å². The summed E-state index contributed by atoms with van der Waals surface area (Å²) in [6.45, 7) is 8.89. The van der Waals surface area contributed by atoms with Crippen LogP contribution in [0, 0.1) is 32.6 Å². The maximum absolute atomic E-state index is 13.1. The van der Waals surface area contributed by atoms with Crippen molar-refractivity contribution in [2.24, 2.45) is 11.8 Å². The molecule has 2 aliphatic rings. The summed E-state index contributed by atoms with van der Waals surface area (Å²) in [7, 11) is 2.22. The molecule has 3 atom stereocenters. The van der Waals surface area contributed by atoms with Crippen LogP contribution in [0.3, 0.4) is 0 Å². The van der Waals surface area contributed by atoms with Crippen molar-refractivity contribution >= 4 is 30.7 Å². The highest BCUT2D eigenvalue weighted by molar-refractivity contribution is 5.95. The van der Waals surface area contributed by atoms with Gasteiger partial charge in [0, 0.05) is 43.5 Å². The van der Waals surface area contributed by atoms with Gasteiger partial charge in [-0.2, -0.15) is 0 Å². The van der Waals surface area contributed by atoms with E-state index in [0.717, 1.165) is 36.5 Å². The molecular weight excluding hydrogens is 393 g/mol. The molecule has 4 rings (SSSR count). The number of nitrogens with zero attached hydrogens (tertiary/aromatic N) is 3. The number of rotatable bonds is 2. The Hall–Kier alpha value is -1.62. The second-order valence-corrected chi connectivity index (χ2v) is 8.02. The Balaban J connectivity index is 0.00000140. The molecule has 0 saturated carbocycles. The number of hydrogen-bond acceptors (Lipinski definition) is 3. The van der Waals surface area contributed by atoms with E-state index in [0.29, 0.717) is 17.9 Å². The van der Waals surface area contributed by atoms with Crippen LogP contribution in [0.2, 0.25) is 0 Å². The van der Waals surface area contributed by atoms with Gasteiger partial charge in [0.15, 0.2) is 0 Å². The molecule has 3 heterocycles. The number of halogens is 2. The fourth-order valence-electron chi connectivity index (χ4n) is 4.90. The molecule has 4 nitrogen and oxygen atoms in total. The third kappa shape index (κ3) is 3.91. The Kier molecular flexibility index (Phi) is 7.13. The largest absolute Gasteiger partial charge is 0.338 e. The van der Waals surface area contributed by atoms with Crippen LogP contribution in [-0.4, -0.2) is 47.4 Å². The zero-order chi connectivity index (χ0) is 18.4.